The molecule has 44 heavy (non-hydrogen) atoms. The van der Waals surface area contributed by atoms with Crippen molar-refractivity contribution < 1.29 is 38.1 Å². The quantitative estimate of drug-likeness (QED) is 0.196. The van der Waals surface area contributed by atoms with Crippen LogP contribution in [0.5, 0.6) is 0 Å². The average Bonchev–Trinajstić information content (AvgIpc) is 2.91. The zero-order valence-corrected chi connectivity index (χ0v) is 27.3. The Kier molecular flexibility index (Phi) is 16.1. The van der Waals surface area contributed by atoms with Crippen LogP contribution in [0.25, 0.3) is 0 Å². The van der Waals surface area contributed by atoms with Crippen molar-refractivity contribution in [3.8, 4) is 0 Å². The number of ether oxygens (including phenoxy) is 4. The second-order valence-electron chi connectivity index (χ2n) is 11.6. The molecular formula is C31H51N5O8. The minimum absolute atomic E-state index is 0.0805. The minimum atomic E-state index is -0.567. The molecule has 0 saturated heterocycles. The number of carbonyl (C=O) groups is 4. The first kappa shape index (κ1) is 36.9. The Labute approximate surface area is 261 Å². The van der Waals surface area contributed by atoms with E-state index in [0.29, 0.717) is 58.7 Å². The molecule has 0 aromatic carbocycles. The number of aromatic nitrogens is 1. The van der Waals surface area contributed by atoms with E-state index in [9.17, 15) is 19.2 Å². The van der Waals surface area contributed by atoms with Crippen molar-refractivity contribution in [1.82, 2.24) is 25.0 Å². The van der Waals surface area contributed by atoms with Gasteiger partial charge in [0.1, 0.15) is 5.60 Å². The summed E-state index contributed by atoms with van der Waals surface area (Å²) in [7, 11) is 0. The molecule has 248 valence electrons. The average molecular weight is 622 g/mol. The predicted molar refractivity (Wildman–Crippen MR) is 164 cm³/mol. The van der Waals surface area contributed by atoms with Gasteiger partial charge in [-0.05, 0) is 72.1 Å². The Bertz CT molecular complexity index is 1030. The highest BCUT2D eigenvalue weighted by Gasteiger charge is 2.22. The summed E-state index contributed by atoms with van der Waals surface area (Å²) < 4.78 is 21.0. The monoisotopic (exact) mass is 621 g/mol. The maximum absolute atomic E-state index is 12.5. The van der Waals surface area contributed by atoms with Gasteiger partial charge < -0.3 is 24.3 Å². The van der Waals surface area contributed by atoms with Gasteiger partial charge in [-0.15, -0.1) is 0 Å². The number of esters is 3. The summed E-state index contributed by atoms with van der Waals surface area (Å²) in [6, 6.07) is 4.01. The van der Waals surface area contributed by atoms with E-state index in [1.807, 2.05) is 47.6 Å². The van der Waals surface area contributed by atoms with Gasteiger partial charge in [-0.3, -0.25) is 34.1 Å². The number of hydrogen-bond donors (Lipinski definition) is 1. The van der Waals surface area contributed by atoms with Gasteiger partial charge in [0.25, 0.3) is 0 Å². The molecule has 1 aromatic rings. The van der Waals surface area contributed by atoms with E-state index in [4.69, 9.17) is 23.9 Å². The molecule has 1 aromatic heterocycles. The Hall–Kier alpha value is -3.29. The maximum Gasteiger partial charge on any atom is 0.407 e. The van der Waals surface area contributed by atoms with Crippen molar-refractivity contribution in [2.24, 2.45) is 0 Å². The smallest absolute Gasteiger partial charge is 0.407 e. The molecule has 1 amide bonds. The van der Waals surface area contributed by atoms with Crippen molar-refractivity contribution in [3.63, 3.8) is 0 Å². The molecule has 1 aliphatic rings. The number of rotatable bonds is 13. The zero-order valence-electron chi connectivity index (χ0n) is 27.3. The number of fused-ring (bicyclic) bond motifs is 2. The third kappa shape index (κ3) is 15.4. The summed E-state index contributed by atoms with van der Waals surface area (Å²) in [5.41, 5.74) is 2.01. The van der Waals surface area contributed by atoms with Crippen molar-refractivity contribution in [1.29, 1.82) is 0 Å². The Morgan fingerprint density at radius 2 is 1.18 bits per heavy atom. The summed E-state index contributed by atoms with van der Waals surface area (Å²) in [4.78, 5) is 60.2. The number of aryl methyl sites for hydroxylation is 1. The van der Waals surface area contributed by atoms with E-state index < -0.39 is 11.7 Å². The molecule has 0 unspecified atom stereocenters. The molecule has 2 bridgehead atoms. The normalized spacial score (nSPS) is 15.4. The Morgan fingerprint density at radius 3 is 1.61 bits per heavy atom. The molecule has 0 saturated carbocycles. The number of nitrogens with zero attached hydrogens (tertiary/aromatic N) is 4. The highest BCUT2D eigenvalue weighted by molar-refractivity contribution is 5.72. The van der Waals surface area contributed by atoms with Gasteiger partial charge in [0.05, 0.1) is 50.8 Å². The molecule has 0 radical (unpaired) electrons. The van der Waals surface area contributed by atoms with Gasteiger partial charge in [-0.25, -0.2) is 4.79 Å². The first-order valence-electron chi connectivity index (χ1n) is 15.5. The van der Waals surface area contributed by atoms with Crippen LogP contribution >= 0.6 is 0 Å². The van der Waals surface area contributed by atoms with Gasteiger partial charge >= 0.3 is 24.0 Å². The number of pyridine rings is 1. The fraction of sp³-hybridized carbons (Fsp3) is 0.710. The Morgan fingerprint density at radius 1 is 0.750 bits per heavy atom. The van der Waals surface area contributed by atoms with E-state index in [0.717, 1.165) is 17.0 Å². The third-order valence-electron chi connectivity index (χ3n) is 6.51. The molecular weight excluding hydrogens is 570 g/mol. The summed E-state index contributed by atoms with van der Waals surface area (Å²) >= 11 is 0. The minimum Gasteiger partial charge on any atom is -0.465 e. The van der Waals surface area contributed by atoms with Gasteiger partial charge in [-0.2, -0.15) is 0 Å². The van der Waals surface area contributed by atoms with Gasteiger partial charge in [0, 0.05) is 45.8 Å². The second-order valence-corrected chi connectivity index (χ2v) is 11.6. The lowest BCUT2D eigenvalue weighted by atomic mass is 10.1. The summed E-state index contributed by atoms with van der Waals surface area (Å²) in [6.07, 6.45) is 0.912. The number of nitrogens with one attached hydrogen (secondary N) is 1. The standard InChI is InChI=1S/C31H51N5O8/c1-7-41-27(37)21-34-13-15-35(22-28(38)42-8-2)19-25-17-24(11-10-12-32-30(40)44-31(4,5)6)18-26(33-25)20-36(16-14-34)23-29(39)43-9-3/h17-18H,7-16,19-23H2,1-6H3,(H,32,40). The lowest BCUT2D eigenvalue weighted by molar-refractivity contribution is -0.146. The van der Waals surface area contributed by atoms with E-state index in [1.54, 1.807) is 20.8 Å². The molecule has 13 nitrogen and oxygen atoms in total. The number of hydrogen-bond acceptors (Lipinski definition) is 12. The lowest BCUT2D eigenvalue weighted by Gasteiger charge is -2.30. The van der Waals surface area contributed by atoms with Crippen LogP contribution in [0.15, 0.2) is 12.1 Å². The van der Waals surface area contributed by atoms with Crippen LogP contribution in [0, 0.1) is 0 Å². The van der Waals surface area contributed by atoms with E-state index >= 15 is 0 Å². The molecule has 1 N–H and O–H groups in total. The van der Waals surface area contributed by atoms with Crippen LogP contribution in [0.2, 0.25) is 0 Å². The zero-order chi connectivity index (χ0) is 32.5. The topological polar surface area (TPSA) is 140 Å². The van der Waals surface area contributed by atoms with E-state index in [1.165, 1.54) is 0 Å². The summed E-state index contributed by atoms with van der Waals surface area (Å²) in [6.45, 7) is 15.1. The molecule has 0 aliphatic carbocycles. The van der Waals surface area contributed by atoms with E-state index in [-0.39, 0.29) is 57.4 Å². The fourth-order valence-electron chi connectivity index (χ4n) is 4.71. The van der Waals surface area contributed by atoms with Crippen LogP contribution in [0.3, 0.4) is 0 Å². The largest absolute Gasteiger partial charge is 0.465 e. The molecule has 2 rings (SSSR count). The Balaban J connectivity index is 2.30. The van der Waals surface area contributed by atoms with Crippen LogP contribution in [0.4, 0.5) is 4.79 Å². The highest BCUT2D eigenvalue weighted by atomic mass is 16.6. The molecule has 1 aliphatic heterocycles. The first-order chi connectivity index (χ1) is 20.9. The molecule has 0 fully saturated rings. The number of alkyl carbamates (subject to hydrolysis) is 1. The SMILES string of the molecule is CCOC(=O)CN1CCN(CC(=O)OCC)Cc2cc(CCCNC(=O)OC(C)(C)C)cc(n2)CN(CC(=O)OCC)CC1. The van der Waals surface area contributed by atoms with Crippen molar-refractivity contribution in [2.75, 3.05) is 72.2 Å². The van der Waals surface area contributed by atoms with E-state index in [2.05, 4.69) is 5.32 Å². The van der Waals surface area contributed by atoms with Crippen LogP contribution < -0.4 is 5.32 Å². The summed E-state index contributed by atoms with van der Waals surface area (Å²) in [5, 5.41) is 2.80. The fourth-order valence-corrected chi connectivity index (χ4v) is 4.71. The van der Waals surface area contributed by atoms with Gasteiger partial charge in [-0.1, -0.05) is 0 Å². The molecule has 13 heteroatoms. The van der Waals surface area contributed by atoms with Crippen molar-refractivity contribution in [3.05, 3.63) is 29.1 Å². The molecule has 2 heterocycles. The van der Waals surface area contributed by atoms with Gasteiger partial charge in [0.15, 0.2) is 0 Å². The van der Waals surface area contributed by atoms with Crippen molar-refractivity contribution in [2.45, 2.75) is 73.1 Å². The molecule has 0 spiro atoms. The third-order valence-corrected chi connectivity index (χ3v) is 6.51. The van der Waals surface area contributed by atoms with Crippen LogP contribution in [-0.4, -0.2) is 121 Å². The number of amides is 1. The number of carbonyl (C=O) groups excluding carboxylic acids is 4. The maximum atomic E-state index is 12.5. The van der Waals surface area contributed by atoms with Crippen molar-refractivity contribution >= 4 is 24.0 Å². The first-order valence-corrected chi connectivity index (χ1v) is 15.5. The van der Waals surface area contributed by atoms with Crippen LogP contribution in [0.1, 0.15) is 64.9 Å². The lowest BCUT2D eigenvalue weighted by Crippen LogP contribution is -2.44. The predicted octanol–water partition coefficient (Wildman–Crippen LogP) is 2.15. The van der Waals surface area contributed by atoms with Crippen LogP contribution in [-0.2, 0) is 52.8 Å². The highest BCUT2D eigenvalue weighted by Crippen LogP contribution is 2.15. The second kappa shape index (κ2) is 19.2. The summed E-state index contributed by atoms with van der Waals surface area (Å²) in [5.74, 6) is -0.991. The molecule has 0 atom stereocenters. The van der Waals surface area contributed by atoms with Gasteiger partial charge in [0.2, 0.25) is 0 Å².